The van der Waals surface area contributed by atoms with Crippen molar-refractivity contribution in [2.24, 2.45) is 0 Å². The fourth-order valence-electron chi connectivity index (χ4n) is 3.15. The van der Waals surface area contributed by atoms with Gasteiger partial charge >= 0.3 is 11.9 Å². The predicted molar refractivity (Wildman–Crippen MR) is 132 cm³/mol. The van der Waals surface area contributed by atoms with E-state index in [1.54, 1.807) is 19.9 Å². The molecule has 34 heavy (non-hydrogen) atoms. The maximum atomic E-state index is 12.8. The second-order valence-corrected chi connectivity index (χ2v) is 8.29. The summed E-state index contributed by atoms with van der Waals surface area (Å²) in [5.41, 5.74) is 1.32. The third kappa shape index (κ3) is 7.69. The molecule has 2 rings (SSSR count). The molecule has 0 unspecified atom stereocenters. The average Bonchev–Trinajstić information content (AvgIpc) is 2.79. The van der Waals surface area contributed by atoms with Crippen LogP contribution in [0.25, 0.3) is 0 Å². The van der Waals surface area contributed by atoms with E-state index < -0.39 is 24.1 Å². The van der Waals surface area contributed by atoms with Crippen LogP contribution in [0.15, 0.2) is 36.5 Å². The van der Waals surface area contributed by atoms with Crippen molar-refractivity contribution in [3.8, 4) is 17.2 Å². The van der Waals surface area contributed by atoms with Crippen LogP contribution in [-0.2, 0) is 14.3 Å². The second-order valence-electron chi connectivity index (χ2n) is 7.88. The number of esters is 2. The summed E-state index contributed by atoms with van der Waals surface area (Å²) >= 11 is 5.41. The molecule has 184 valence electrons. The van der Waals surface area contributed by atoms with E-state index in [1.165, 1.54) is 20.2 Å². The molecule has 0 saturated carbocycles. The Morgan fingerprint density at radius 3 is 2.41 bits per heavy atom. The van der Waals surface area contributed by atoms with Gasteiger partial charge in [0.05, 0.1) is 7.11 Å². The van der Waals surface area contributed by atoms with Gasteiger partial charge in [-0.15, -0.1) is 0 Å². The molecule has 1 aromatic heterocycles. The second kappa shape index (κ2) is 12.9. The Balaban J connectivity index is 2.06. The Bertz CT molecular complexity index is 995. The molecule has 0 fully saturated rings. The van der Waals surface area contributed by atoms with Gasteiger partial charge in [0, 0.05) is 19.2 Å². The number of rotatable bonds is 11. The fourth-order valence-corrected chi connectivity index (χ4v) is 3.47. The highest BCUT2D eigenvalue weighted by Crippen LogP contribution is 2.30. The molecule has 0 saturated heterocycles. The Labute approximate surface area is 206 Å². The van der Waals surface area contributed by atoms with Gasteiger partial charge in [0.1, 0.15) is 34.7 Å². The molecule has 1 N–H and O–H groups in total. The van der Waals surface area contributed by atoms with Crippen molar-refractivity contribution in [1.29, 1.82) is 0 Å². The van der Waals surface area contributed by atoms with Crippen LogP contribution in [-0.4, -0.2) is 47.3 Å². The minimum atomic E-state index is -0.783. The summed E-state index contributed by atoms with van der Waals surface area (Å²) < 4.78 is 22.2. The van der Waals surface area contributed by atoms with Crippen LogP contribution in [0.5, 0.6) is 17.2 Å². The molecule has 0 amide bonds. The molecule has 0 aliphatic rings. The van der Waals surface area contributed by atoms with Crippen molar-refractivity contribution < 1.29 is 28.5 Å². The van der Waals surface area contributed by atoms with Gasteiger partial charge in [-0.1, -0.05) is 43.3 Å². The number of aryl methyl sites for hydroxylation is 1. The first-order valence-electron chi connectivity index (χ1n) is 11.1. The SMILES string of the molecule is CCC[C@@H](Oc1ccc(C)cc1)[C@H](C)OC(=O)[C@H](C)NC(=S)c1nccc(OC)c1OC(C)=O. The van der Waals surface area contributed by atoms with E-state index in [2.05, 4.69) is 10.3 Å². The lowest BCUT2D eigenvalue weighted by Crippen LogP contribution is -2.43. The molecule has 0 bridgehead atoms. The smallest absolute Gasteiger partial charge is 0.328 e. The molecule has 0 spiro atoms. The molecule has 1 heterocycles. The highest BCUT2D eigenvalue weighted by molar-refractivity contribution is 7.80. The number of benzene rings is 1. The number of ether oxygens (including phenoxy) is 4. The van der Waals surface area contributed by atoms with E-state index in [0.717, 1.165) is 24.2 Å². The van der Waals surface area contributed by atoms with Gasteiger partial charge < -0.3 is 24.3 Å². The summed E-state index contributed by atoms with van der Waals surface area (Å²) in [5.74, 6) is 0.0521. The summed E-state index contributed by atoms with van der Waals surface area (Å²) in [6.07, 6.45) is 2.28. The van der Waals surface area contributed by atoms with E-state index in [1.807, 2.05) is 38.1 Å². The monoisotopic (exact) mass is 488 g/mol. The Hall–Kier alpha value is -3.20. The number of carbonyl (C=O) groups excluding carboxylic acids is 2. The molecule has 3 atom stereocenters. The van der Waals surface area contributed by atoms with Gasteiger partial charge in [-0.25, -0.2) is 9.78 Å². The van der Waals surface area contributed by atoms with Gasteiger partial charge in [-0.2, -0.15) is 0 Å². The summed E-state index contributed by atoms with van der Waals surface area (Å²) in [6, 6.07) is 8.51. The van der Waals surface area contributed by atoms with Crippen LogP contribution in [0.1, 0.15) is 51.8 Å². The zero-order chi connectivity index (χ0) is 25.3. The predicted octanol–water partition coefficient (Wildman–Crippen LogP) is 4.16. The lowest BCUT2D eigenvalue weighted by molar-refractivity contribution is -0.154. The van der Waals surface area contributed by atoms with E-state index in [0.29, 0.717) is 5.75 Å². The number of hydrogen-bond donors (Lipinski definition) is 1. The third-order valence-electron chi connectivity index (χ3n) is 4.96. The highest BCUT2D eigenvalue weighted by Gasteiger charge is 2.27. The molecule has 0 aliphatic heterocycles. The summed E-state index contributed by atoms with van der Waals surface area (Å²) in [5, 5.41) is 2.90. The number of hydrogen-bond acceptors (Lipinski definition) is 8. The van der Waals surface area contributed by atoms with Gasteiger partial charge in [-0.05, 0) is 39.3 Å². The molecule has 0 aliphatic carbocycles. The van der Waals surface area contributed by atoms with Crippen LogP contribution >= 0.6 is 12.2 Å². The third-order valence-corrected chi connectivity index (χ3v) is 5.27. The molecular weight excluding hydrogens is 456 g/mol. The average molecular weight is 489 g/mol. The standard InChI is InChI=1S/C25H32N2O6S/c1-7-8-20(33-19-11-9-15(2)10-12-19)17(4)31-25(29)16(3)27-24(34)22-23(32-18(5)28)21(30-6)13-14-26-22/h9-14,16-17,20H,7-8H2,1-6H3,(H,27,34)/t16-,17-,20+/m0/s1. The summed E-state index contributed by atoms with van der Waals surface area (Å²) in [7, 11) is 1.44. The lowest BCUT2D eigenvalue weighted by Gasteiger charge is -2.26. The number of thiocarbonyl (C=S) groups is 1. The quantitative estimate of drug-likeness (QED) is 0.369. The molecule has 9 heteroatoms. The van der Waals surface area contributed by atoms with E-state index >= 15 is 0 Å². The molecule has 1 aromatic carbocycles. The van der Waals surface area contributed by atoms with Crippen LogP contribution in [0.4, 0.5) is 0 Å². The van der Waals surface area contributed by atoms with Gasteiger partial charge in [0.25, 0.3) is 0 Å². The largest absolute Gasteiger partial charge is 0.493 e. The number of nitrogens with one attached hydrogen (secondary N) is 1. The fraction of sp³-hybridized carbons (Fsp3) is 0.440. The van der Waals surface area contributed by atoms with E-state index in [4.69, 9.17) is 31.2 Å². The van der Waals surface area contributed by atoms with Crippen LogP contribution < -0.4 is 19.5 Å². The number of pyridine rings is 1. The van der Waals surface area contributed by atoms with E-state index in [-0.39, 0.29) is 22.5 Å². The maximum absolute atomic E-state index is 12.8. The molecule has 0 radical (unpaired) electrons. The van der Waals surface area contributed by atoms with Gasteiger partial charge in [0.15, 0.2) is 5.75 Å². The molecule has 2 aromatic rings. The number of methoxy groups -OCH3 is 1. The summed E-state index contributed by atoms with van der Waals surface area (Å²) in [6.45, 7) is 8.75. The van der Waals surface area contributed by atoms with Crippen molar-refractivity contribution in [2.75, 3.05) is 7.11 Å². The minimum Gasteiger partial charge on any atom is -0.493 e. The Morgan fingerprint density at radius 2 is 1.82 bits per heavy atom. The van der Waals surface area contributed by atoms with Gasteiger partial charge in [0.2, 0.25) is 5.75 Å². The number of nitrogens with zero attached hydrogens (tertiary/aromatic N) is 1. The molecule has 8 nitrogen and oxygen atoms in total. The van der Waals surface area contributed by atoms with Crippen molar-refractivity contribution in [1.82, 2.24) is 10.3 Å². The zero-order valence-corrected chi connectivity index (χ0v) is 21.2. The first-order valence-corrected chi connectivity index (χ1v) is 11.5. The van der Waals surface area contributed by atoms with E-state index in [9.17, 15) is 9.59 Å². The van der Waals surface area contributed by atoms with Crippen molar-refractivity contribution in [2.45, 2.75) is 65.7 Å². The highest BCUT2D eigenvalue weighted by atomic mass is 32.1. The number of carbonyl (C=O) groups is 2. The Morgan fingerprint density at radius 1 is 1.15 bits per heavy atom. The number of aromatic nitrogens is 1. The lowest BCUT2D eigenvalue weighted by atomic mass is 10.1. The van der Waals surface area contributed by atoms with Crippen molar-refractivity contribution >= 4 is 29.1 Å². The summed E-state index contributed by atoms with van der Waals surface area (Å²) in [4.78, 5) is 28.6. The van der Waals surface area contributed by atoms with Crippen LogP contribution in [0.2, 0.25) is 0 Å². The topological polar surface area (TPSA) is 96.0 Å². The zero-order valence-electron chi connectivity index (χ0n) is 20.4. The van der Waals surface area contributed by atoms with Gasteiger partial charge in [-0.3, -0.25) is 4.79 Å². The van der Waals surface area contributed by atoms with Crippen LogP contribution in [0, 0.1) is 6.92 Å². The maximum Gasteiger partial charge on any atom is 0.328 e. The first-order chi connectivity index (χ1) is 16.2. The Kier molecular flexibility index (Phi) is 10.2. The van der Waals surface area contributed by atoms with Crippen molar-refractivity contribution in [3.63, 3.8) is 0 Å². The first kappa shape index (κ1) is 27.0. The van der Waals surface area contributed by atoms with Crippen molar-refractivity contribution in [3.05, 3.63) is 47.8 Å². The normalized spacial score (nSPS) is 13.2. The minimum absolute atomic E-state index is 0.0819. The van der Waals surface area contributed by atoms with Crippen LogP contribution in [0.3, 0.4) is 0 Å². The molecular formula is C25H32N2O6S.